The molecule has 1 N–H and O–H groups in total. The van der Waals surface area contributed by atoms with E-state index in [4.69, 9.17) is 5.11 Å². The van der Waals surface area contributed by atoms with Crippen LogP contribution in [0.4, 0.5) is 0 Å². The Morgan fingerprint density at radius 1 is 1.35 bits per heavy atom. The van der Waals surface area contributed by atoms with Crippen molar-refractivity contribution in [1.82, 2.24) is 0 Å². The highest BCUT2D eigenvalue weighted by Gasteiger charge is 2.22. The van der Waals surface area contributed by atoms with Gasteiger partial charge in [0.15, 0.2) is 0 Å². The predicted octanol–water partition coefficient (Wildman–Crippen LogP) is 1.94. The molecule has 5 heteroatoms. The lowest BCUT2D eigenvalue weighted by Crippen LogP contribution is -2.21. The number of rotatable bonds is 6. The Morgan fingerprint density at radius 2 is 2.00 bits per heavy atom. The van der Waals surface area contributed by atoms with E-state index in [-0.39, 0.29) is 6.42 Å². The fourth-order valence-corrected chi connectivity index (χ4v) is 2.21. The van der Waals surface area contributed by atoms with Crippen molar-refractivity contribution in [1.29, 1.82) is 0 Å². The Bertz CT molecular complexity index is 377. The van der Waals surface area contributed by atoms with Crippen molar-refractivity contribution in [3.8, 4) is 0 Å². The Morgan fingerprint density at radius 3 is 2.53 bits per heavy atom. The summed E-state index contributed by atoms with van der Waals surface area (Å²) in [5, 5.41) is 8.21. The molecule has 1 aromatic rings. The van der Waals surface area contributed by atoms with Gasteiger partial charge in [0.1, 0.15) is 5.25 Å². The lowest BCUT2D eigenvalue weighted by atomic mass is 10.2. The maximum atomic E-state index is 11.0. The fraction of sp³-hybridized carbons (Fsp3) is 0.333. The lowest BCUT2D eigenvalue weighted by Gasteiger charge is -2.10. The number of aliphatic carboxylic acids is 1. The smallest absolute Gasteiger partial charge is 0.317 e. The lowest BCUT2D eigenvalue weighted by molar-refractivity contribution is -0.145. The van der Waals surface area contributed by atoms with Gasteiger partial charge in [-0.2, -0.15) is 0 Å². The normalized spacial score (nSPS) is 11.8. The number of benzene rings is 1. The molecule has 0 radical (unpaired) electrons. The van der Waals surface area contributed by atoms with Crippen LogP contribution in [-0.2, 0) is 20.1 Å². The second-order valence-electron chi connectivity index (χ2n) is 3.40. The molecule has 0 aromatic heterocycles. The van der Waals surface area contributed by atoms with Crippen LogP contribution in [0.25, 0.3) is 0 Å². The summed E-state index contributed by atoms with van der Waals surface area (Å²) in [6.07, 6.45) is -0.108. The van der Waals surface area contributed by atoms with Crippen molar-refractivity contribution in [3.05, 3.63) is 35.9 Å². The van der Waals surface area contributed by atoms with Crippen LogP contribution in [0.5, 0.6) is 0 Å². The van der Waals surface area contributed by atoms with E-state index in [0.29, 0.717) is 5.75 Å². The van der Waals surface area contributed by atoms with Crippen LogP contribution in [0, 0.1) is 0 Å². The minimum absolute atomic E-state index is 0.108. The third-order valence-corrected chi connectivity index (χ3v) is 3.42. The van der Waals surface area contributed by atoms with Gasteiger partial charge in [-0.3, -0.25) is 9.59 Å². The third kappa shape index (κ3) is 4.91. The van der Waals surface area contributed by atoms with Crippen LogP contribution in [-0.4, -0.2) is 29.4 Å². The summed E-state index contributed by atoms with van der Waals surface area (Å²) in [7, 11) is 1.25. The zero-order valence-electron chi connectivity index (χ0n) is 9.46. The largest absolute Gasteiger partial charge is 0.480 e. The molecular weight excluding hydrogens is 240 g/mol. The fourth-order valence-electron chi connectivity index (χ4n) is 1.22. The van der Waals surface area contributed by atoms with Crippen molar-refractivity contribution in [2.75, 3.05) is 7.11 Å². The number of hydrogen-bond donors (Lipinski definition) is 1. The van der Waals surface area contributed by atoms with E-state index in [2.05, 4.69) is 4.74 Å². The highest BCUT2D eigenvalue weighted by molar-refractivity contribution is 7.99. The van der Waals surface area contributed by atoms with Crippen molar-refractivity contribution in [2.45, 2.75) is 17.4 Å². The number of hydrogen-bond acceptors (Lipinski definition) is 4. The summed E-state index contributed by atoms with van der Waals surface area (Å²) in [6.45, 7) is 0. The average molecular weight is 254 g/mol. The summed E-state index contributed by atoms with van der Waals surface area (Å²) in [5.74, 6) is -0.927. The first-order chi connectivity index (χ1) is 8.13. The van der Waals surface area contributed by atoms with E-state index in [1.54, 1.807) is 0 Å². The maximum Gasteiger partial charge on any atom is 0.317 e. The van der Waals surface area contributed by atoms with Crippen molar-refractivity contribution in [2.24, 2.45) is 0 Å². The molecule has 0 fully saturated rings. The molecule has 0 aliphatic rings. The van der Waals surface area contributed by atoms with Gasteiger partial charge >= 0.3 is 11.9 Å². The molecule has 0 saturated carbocycles. The van der Waals surface area contributed by atoms with Gasteiger partial charge in [0.05, 0.1) is 13.5 Å². The molecule has 1 rings (SSSR count). The highest BCUT2D eigenvalue weighted by atomic mass is 32.2. The Labute approximate surface area is 104 Å². The topological polar surface area (TPSA) is 63.6 Å². The minimum atomic E-state index is -0.990. The molecule has 0 saturated heterocycles. The Hall–Kier alpha value is -1.49. The molecule has 0 spiro atoms. The highest BCUT2D eigenvalue weighted by Crippen LogP contribution is 2.20. The van der Waals surface area contributed by atoms with Gasteiger partial charge in [0.25, 0.3) is 0 Å². The molecule has 4 nitrogen and oxygen atoms in total. The molecule has 17 heavy (non-hydrogen) atoms. The molecule has 92 valence electrons. The van der Waals surface area contributed by atoms with Crippen LogP contribution in [0.1, 0.15) is 12.0 Å². The van der Waals surface area contributed by atoms with Gasteiger partial charge in [-0.1, -0.05) is 30.3 Å². The summed E-state index contributed by atoms with van der Waals surface area (Å²) < 4.78 is 4.47. The summed E-state index contributed by atoms with van der Waals surface area (Å²) in [6, 6.07) is 9.53. The average Bonchev–Trinajstić information content (AvgIpc) is 2.35. The van der Waals surface area contributed by atoms with Gasteiger partial charge < -0.3 is 9.84 Å². The quantitative estimate of drug-likeness (QED) is 0.786. The maximum absolute atomic E-state index is 11.0. The first-order valence-electron chi connectivity index (χ1n) is 5.08. The first-order valence-corrected chi connectivity index (χ1v) is 6.13. The van der Waals surface area contributed by atoms with E-state index < -0.39 is 17.2 Å². The number of esters is 1. The van der Waals surface area contributed by atoms with Crippen LogP contribution < -0.4 is 0 Å². The standard InChI is InChI=1S/C12H14O4S/c1-16-11(13)7-10(12(14)15)17-8-9-5-3-2-4-6-9/h2-6,10H,7-8H2,1H3,(H,14,15)/t10-/m1/s1. The second kappa shape index (κ2) is 6.96. The summed E-state index contributed by atoms with van der Waals surface area (Å²) >= 11 is 1.23. The van der Waals surface area contributed by atoms with Crippen LogP contribution in [0.2, 0.25) is 0 Å². The van der Waals surface area contributed by atoms with Gasteiger partial charge in [-0.05, 0) is 5.56 Å². The molecule has 0 aliphatic carbocycles. The summed E-state index contributed by atoms with van der Waals surface area (Å²) in [5.41, 5.74) is 1.04. The Balaban J connectivity index is 2.50. The number of carboxylic acids is 1. The number of carbonyl (C=O) groups is 2. The van der Waals surface area contributed by atoms with Crippen molar-refractivity contribution in [3.63, 3.8) is 0 Å². The number of methoxy groups -OCH3 is 1. The Kier molecular flexibility index (Phi) is 5.56. The van der Waals surface area contributed by atoms with Crippen molar-refractivity contribution >= 4 is 23.7 Å². The molecule has 0 amide bonds. The van der Waals surface area contributed by atoms with Gasteiger partial charge in [-0.25, -0.2) is 0 Å². The number of thioether (sulfide) groups is 1. The molecular formula is C12H14O4S. The molecule has 0 unspecified atom stereocenters. The number of ether oxygens (including phenoxy) is 1. The monoisotopic (exact) mass is 254 g/mol. The molecule has 0 heterocycles. The van der Waals surface area contributed by atoms with Gasteiger partial charge in [0.2, 0.25) is 0 Å². The first kappa shape index (κ1) is 13.6. The van der Waals surface area contributed by atoms with Crippen LogP contribution >= 0.6 is 11.8 Å². The van der Waals surface area contributed by atoms with Crippen molar-refractivity contribution < 1.29 is 19.4 Å². The van der Waals surface area contributed by atoms with Crippen LogP contribution in [0.3, 0.4) is 0 Å². The van der Waals surface area contributed by atoms with E-state index in [1.807, 2.05) is 30.3 Å². The number of carboxylic acid groups (broad SMARTS) is 1. The molecule has 0 bridgehead atoms. The molecule has 1 atom stereocenters. The zero-order valence-corrected chi connectivity index (χ0v) is 10.3. The van der Waals surface area contributed by atoms with E-state index >= 15 is 0 Å². The molecule has 0 aliphatic heterocycles. The summed E-state index contributed by atoms with van der Waals surface area (Å²) in [4.78, 5) is 22.0. The number of carbonyl (C=O) groups excluding carboxylic acids is 1. The minimum Gasteiger partial charge on any atom is -0.480 e. The zero-order chi connectivity index (χ0) is 12.7. The van der Waals surface area contributed by atoms with E-state index in [9.17, 15) is 9.59 Å². The van der Waals surface area contributed by atoms with Crippen LogP contribution in [0.15, 0.2) is 30.3 Å². The SMILES string of the molecule is COC(=O)C[C@@H](SCc1ccccc1)C(=O)O. The van der Waals surface area contributed by atoms with E-state index in [1.165, 1.54) is 18.9 Å². The third-order valence-electron chi connectivity index (χ3n) is 2.15. The second-order valence-corrected chi connectivity index (χ2v) is 4.59. The van der Waals surface area contributed by atoms with Gasteiger partial charge in [-0.15, -0.1) is 11.8 Å². The van der Waals surface area contributed by atoms with Gasteiger partial charge in [0, 0.05) is 5.75 Å². The predicted molar refractivity (Wildman–Crippen MR) is 65.8 cm³/mol. The van der Waals surface area contributed by atoms with E-state index in [0.717, 1.165) is 5.56 Å². The molecule has 1 aromatic carbocycles.